The van der Waals surface area contributed by atoms with Crippen LogP contribution in [0.4, 0.5) is 0 Å². The lowest BCUT2D eigenvalue weighted by molar-refractivity contribution is 0.174. The molecule has 0 fully saturated rings. The first-order valence-electron chi connectivity index (χ1n) is 49.8. The van der Waals surface area contributed by atoms with E-state index in [2.05, 4.69) is 68.6 Å². The molecule has 119 heavy (non-hydrogen) atoms. The Kier molecular flexibility index (Phi) is 92.0. The second-order valence-electron chi connectivity index (χ2n) is 34.4. The van der Waals surface area contributed by atoms with Crippen LogP contribution in [0.15, 0.2) is 0 Å². The van der Waals surface area contributed by atoms with E-state index >= 15 is 0 Å². The van der Waals surface area contributed by atoms with Crippen molar-refractivity contribution < 1.29 is 0 Å². The van der Waals surface area contributed by atoms with Crippen LogP contribution in [-0.4, -0.2) is 448 Å². The zero-order chi connectivity index (χ0) is 87.0. The van der Waals surface area contributed by atoms with Gasteiger partial charge in [-0.25, -0.2) is 0 Å². The van der Waals surface area contributed by atoms with Crippen LogP contribution < -0.4 is 91.7 Å². The topological polar surface area (TPSA) is 462 Å². The van der Waals surface area contributed by atoms with Crippen LogP contribution in [0, 0.1) is 0 Å². The lowest BCUT2D eigenvalue weighted by Gasteiger charge is -2.30. The molecule has 0 aliphatic carbocycles. The molecule has 0 aliphatic heterocycles. The summed E-state index contributed by atoms with van der Waals surface area (Å²) in [5.74, 6) is 0. The summed E-state index contributed by atoms with van der Waals surface area (Å²) >= 11 is 0. The van der Waals surface area contributed by atoms with E-state index in [-0.39, 0.29) is 0 Å². The number of hydrogen-bond donors (Lipinski definition) is 16. The van der Waals surface area contributed by atoms with Crippen molar-refractivity contribution in [2.75, 3.05) is 380 Å². The fourth-order valence-electron chi connectivity index (χ4n) is 16.8. The van der Waals surface area contributed by atoms with Crippen LogP contribution >= 0.6 is 0 Å². The molecule has 716 valence electrons. The summed E-state index contributed by atoms with van der Waals surface area (Å²) in [6.07, 6.45) is 33.7. The van der Waals surface area contributed by atoms with Gasteiger partial charge in [-0.05, 0) is 579 Å². The van der Waals surface area contributed by atoms with E-state index in [1.54, 1.807) is 0 Å². The molecule has 0 atom stereocenters. The summed E-state index contributed by atoms with van der Waals surface area (Å²) in [7, 11) is 0. The lowest BCUT2D eigenvalue weighted by atomic mass is 10.2. The highest BCUT2D eigenvalue weighted by atomic mass is 15.2. The molecule has 30 heteroatoms. The fraction of sp³-hybridized carbons (Fsp3) is 1.00. The molecule has 0 unspecified atom stereocenters. The van der Waals surface area contributed by atoms with Gasteiger partial charge >= 0.3 is 0 Å². The highest BCUT2D eigenvalue weighted by Gasteiger charge is 2.19. The van der Waals surface area contributed by atoms with Gasteiger partial charge in [0.25, 0.3) is 0 Å². The zero-order valence-electron chi connectivity index (χ0n) is 78.4. The van der Waals surface area contributed by atoms with Gasteiger partial charge in [0.2, 0.25) is 0 Å². The molecular formula is C89H210N30. The average Bonchev–Trinajstić information content (AvgIpc) is 0.949. The Hall–Kier alpha value is -1.20. The van der Waals surface area contributed by atoms with Gasteiger partial charge in [0.05, 0.1) is 0 Å². The summed E-state index contributed by atoms with van der Waals surface area (Å²) < 4.78 is 0. The zero-order valence-corrected chi connectivity index (χ0v) is 78.4. The third-order valence-electron chi connectivity index (χ3n) is 23.7. The summed E-state index contributed by atoms with van der Waals surface area (Å²) in [5, 5.41) is 0. The summed E-state index contributed by atoms with van der Waals surface area (Å²) in [6.45, 7) is 56.7. The van der Waals surface area contributed by atoms with Crippen molar-refractivity contribution in [2.24, 2.45) is 91.7 Å². The van der Waals surface area contributed by atoms with Crippen molar-refractivity contribution in [1.82, 2.24) is 68.6 Å². The first kappa shape index (κ1) is 118. The Morgan fingerprint density at radius 2 is 0.118 bits per heavy atom. The lowest BCUT2D eigenvalue weighted by Crippen LogP contribution is -2.38. The average molecular weight is 1700 g/mol. The predicted molar refractivity (Wildman–Crippen MR) is 518 cm³/mol. The highest BCUT2D eigenvalue weighted by Crippen LogP contribution is 2.13. The first-order valence-corrected chi connectivity index (χ1v) is 49.8. The molecule has 0 aromatic rings. The van der Waals surface area contributed by atoms with Crippen LogP contribution in [0.2, 0.25) is 0 Å². The summed E-state index contributed by atoms with van der Waals surface area (Å²) in [5.41, 5.74) is 97.3. The van der Waals surface area contributed by atoms with Gasteiger partial charge in [-0.1, -0.05) is 0 Å². The monoisotopic (exact) mass is 1700 g/mol. The maximum atomic E-state index is 6.09. The van der Waals surface area contributed by atoms with Crippen molar-refractivity contribution in [3.63, 3.8) is 0 Å². The van der Waals surface area contributed by atoms with E-state index in [0.717, 1.165) is 553 Å². The molecule has 32 N–H and O–H groups in total. The smallest absolute Gasteiger partial charge is 0.000653 e. The van der Waals surface area contributed by atoms with Crippen LogP contribution in [0.5, 0.6) is 0 Å². The number of nitrogens with zero attached hydrogens (tertiary/aromatic N) is 14. The van der Waals surface area contributed by atoms with Crippen LogP contribution in [0.1, 0.15) is 199 Å². The van der Waals surface area contributed by atoms with Crippen molar-refractivity contribution in [2.45, 2.75) is 199 Å². The maximum Gasteiger partial charge on any atom is -0.000653 e. The molecule has 0 amide bonds. The molecule has 0 heterocycles. The highest BCUT2D eigenvalue weighted by molar-refractivity contribution is 4.76. The molecule has 0 aromatic heterocycles. The van der Waals surface area contributed by atoms with Crippen molar-refractivity contribution >= 4 is 0 Å². The van der Waals surface area contributed by atoms with Crippen LogP contribution in [0.25, 0.3) is 0 Å². The summed E-state index contributed by atoms with van der Waals surface area (Å²) in [6, 6.07) is 0. The number of rotatable bonds is 102. The van der Waals surface area contributed by atoms with E-state index in [1.807, 2.05) is 0 Å². The van der Waals surface area contributed by atoms with E-state index in [0.29, 0.717) is 0 Å². The Balaban J connectivity index is 7.74. The van der Waals surface area contributed by atoms with E-state index < -0.39 is 0 Å². The predicted octanol–water partition coefficient (Wildman–Crippen LogP) is 0.647. The number of unbranched alkanes of at least 4 members (excludes halogenated alkanes) is 2. The Labute approximate surface area is 735 Å². The van der Waals surface area contributed by atoms with Gasteiger partial charge in [0.1, 0.15) is 0 Å². The molecule has 0 rings (SSSR count). The van der Waals surface area contributed by atoms with Gasteiger partial charge < -0.3 is 160 Å². The Morgan fingerprint density at radius 1 is 0.0672 bits per heavy atom. The largest absolute Gasteiger partial charge is 0.330 e. The molecule has 0 spiro atoms. The quantitative estimate of drug-likeness (QED) is 0.0372. The van der Waals surface area contributed by atoms with Gasteiger partial charge in [-0.2, -0.15) is 0 Å². The van der Waals surface area contributed by atoms with Crippen LogP contribution in [-0.2, 0) is 0 Å². The maximum absolute atomic E-state index is 6.09. The van der Waals surface area contributed by atoms with E-state index in [9.17, 15) is 0 Å². The Bertz CT molecular complexity index is 1740. The molecule has 0 bridgehead atoms. The molecule has 0 saturated carbocycles. The normalized spacial score (nSPS) is 12.6. The second kappa shape index (κ2) is 93.0. The fourth-order valence-corrected chi connectivity index (χ4v) is 16.8. The number of hydrogen-bond acceptors (Lipinski definition) is 30. The first-order chi connectivity index (χ1) is 58.5. The second-order valence-corrected chi connectivity index (χ2v) is 34.4. The SMILES string of the molecule is NCCCN(CCCN)CCCCN(CCCN(CCCN)CCCN)CCCN(CCCCN(CCCN(CCCN(CCCN)CCCN)CCCN(CCCN)CCCN)CCCN(CCCN(CCCN)CCCN)CCCN(CCCN)CCCN)CCCN(CCCN(CCCN)CCCN)CCCN(CCCN)CCCN. The van der Waals surface area contributed by atoms with Gasteiger partial charge in [-0.3, -0.25) is 0 Å². The van der Waals surface area contributed by atoms with E-state index in [4.69, 9.17) is 91.7 Å². The minimum atomic E-state index is 0.718. The standard InChI is InChI=1S/C89H210N30/c90-32-5-52-106(53-6-33-91)48-1-2-49-107(70-22-74-110(54-7-34-92)55-8-35-93)68-21-69-108(71-23-81-117(84-26-75-111(56-9-36-94)57-10-37-95)85-27-76-112(58-11-38-96)59-12-39-97)50-3-4-51-109(72-24-82-118(86-28-77-113(60-13-40-98)61-14-41-99)87-29-78-114(62-15-42-100)63-16-43-101)73-25-83-119(88-30-79-115(64-17-44-102)65-18-45-103)89-31-80-116(66-19-46-104)67-20-47-105/h1-105H2. The Morgan fingerprint density at radius 3 is 0.176 bits per heavy atom. The number of nitrogens with two attached hydrogens (primary N) is 16. The van der Waals surface area contributed by atoms with Gasteiger partial charge in [-0.15, -0.1) is 0 Å². The molecule has 30 nitrogen and oxygen atoms in total. The van der Waals surface area contributed by atoms with E-state index in [1.165, 1.54) is 25.7 Å². The van der Waals surface area contributed by atoms with Gasteiger partial charge in [0, 0.05) is 0 Å². The minimum Gasteiger partial charge on any atom is -0.330 e. The molecule has 0 aromatic carbocycles. The third-order valence-corrected chi connectivity index (χ3v) is 23.7. The van der Waals surface area contributed by atoms with Crippen molar-refractivity contribution in [3.05, 3.63) is 0 Å². The third kappa shape index (κ3) is 75.5. The van der Waals surface area contributed by atoms with Crippen molar-refractivity contribution in [1.29, 1.82) is 0 Å². The van der Waals surface area contributed by atoms with Gasteiger partial charge in [0.15, 0.2) is 0 Å². The summed E-state index contributed by atoms with van der Waals surface area (Å²) in [4.78, 5) is 37.8. The van der Waals surface area contributed by atoms with Crippen molar-refractivity contribution in [3.8, 4) is 0 Å². The minimum absolute atomic E-state index is 0.718. The molecule has 0 radical (unpaired) electrons. The molecule has 0 saturated heterocycles. The molecule has 0 aliphatic rings. The molecular weight excluding hydrogens is 1490 g/mol. The van der Waals surface area contributed by atoms with Crippen LogP contribution in [0.3, 0.4) is 0 Å².